The quantitative estimate of drug-likeness (QED) is 0.750. The highest BCUT2D eigenvalue weighted by molar-refractivity contribution is 6.30. The standard InChI is InChI=1S/C16H15ClO3/c1-2-19-15-5-3-4-13(10-18)16(15)20-11-12-6-8-14(17)9-7-12/h3-10H,2,11H2,1H3. The molecule has 0 saturated heterocycles. The lowest BCUT2D eigenvalue weighted by Crippen LogP contribution is -2.02. The van der Waals surface area contributed by atoms with Crippen LogP contribution in [-0.4, -0.2) is 12.9 Å². The number of para-hydroxylation sites is 1. The van der Waals surface area contributed by atoms with Crippen LogP contribution >= 0.6 is 11.6 Å². The topological polar surface area (TPSA) is 35.5 Å². The van der Waals surface area contributed by atoms with Gasteiger partial charge >= 0.3 is 0 Å². The van der Waals surface area contributed by atoms with E-state index >= 15 is 0 Å². The van der Waals surface area contributed by atoms with Gasteiger partial charge in [-0.1, -0.05) is 29.8 Å². The maximum Gasteiger partial charge on any atom is 0.172 e. The highest BCUT2D eigenvalue weighted by Crippen LogP contribution is 2.31. The minimum Gasteiger partial charge on any atom is -0.490 e. The largest absolute Gasteiger partial charge is 0.490 e. The van der Waals surface area contributed by atoms with Gasteiger partial charge in [0.05, 0.1) is 12.2 Å². The lowest BCUT2D eigenvalue weighted by atomic mass is 10.2. The van der Waals surface area contributed by atoms with Gasteiger partial charge in [-0.2, -0.15) is 0 Å². The molecule has 0 fully saturated rings. The molecule has 0 spiro atoms. The lowest BCUT2D eigenvalue weighted by Gasteiger charge is -2.13. The molecule has 0 radical (unpaired) electrons. The first-order valence-corrected chi connectivity index (χ1v) is 6.70. The fourth-order valence-electron chi connectivity index (χ4n) is 1.79. The second-order valence-corrected chi connectivity index (χ2v) is 4.58. The van der Waals surface area contributed by atoms with Crippen LogP contribution in [0.15, 0.2) is 42.5 Å². The first kappa shape index (κ1) is 14.4. The van der Waals surface area contributed by atoms with Crippen molar-refractivity contribution in [2.75, 3.05) is 6.61 Å². The minimum atomic E-state index is 0.349. The molecule has 0 atom stereocenters. The Hall–Kier alpha value is -2.00. The summed E-state index contributed by atoms with van der Waals surface area (Å²) in [4.78, 5) is 11.1. The van der Waals surface area contributed by atoms with Crippen LogP contribution in [0.25, 0.3) is 0 Å². The molecule has 0 aliphatic rings. The summed E-state index contributed by atoms with van der Waals surface area (Å²) in [5.74, 6) is 1.05. The lowest BCUT2D eigenvalue weighted by molar-refractivity contribution is 0.111. The average molecular weight is 291 g/mol. The number of rotatable bonds is 6. The van der Waals surface area contributed by atoms with Gasteiger partial charge in [0.1, 0.15) is 6.61 Å². The van der Waals surface area contributed by atoms with Gasteiger partial charge in [0, 0.05) is 5.02 Å². The van der Waals surface area contributed by atoms with Crippen LogP contribution in [0.1, 0.15) is 22.8 Å². The number of ether oxygens (including phenoxy) is 2. The molecule has 0 saturated carbocycles. The van der Waals surface area contributed by atoms with E-state index in [4.69, 9.17) is 21.1 Å². The third kappa shape index (κ3) is 3.52. The predicted octanol–water partition coefficient (Wildman–Crippen LogP) is 4.13. The monoisotopic (exact) mass is 290 g/mol. The van der Waals surface area contributed by atoms with Crippen LogP contribution in [0.3, 0.4) is 0 Å². The summed E-state index contributed by atoms with van der Waals surface area (Å²) in [5, 5.41) is 0.678. The van der Waals surface area contributed by atoms with Crippen molar-refractivity contribution < 1.29 is 14.3 Å². The second-order valence-electron chi connectivity index (χ2n) is 4.14. The first-order chi connectivity index (χ1) is 9.74. The van der Waals surface area contributed by atoms with Crippen molar-refractivity contribution >= 4 is 17.9 Å². The van der Waals surface area contributed by atoms with Crippen LogP contribution in [0.2, 0.25) is 5.02 Å². The fourth-order valence-corrected chi connectivity index (χ4v) is 1.91. The highest BCUT2D eigenvalue weighted by Gasteiger charge is 2.10. The first-order valence-electron chi connectivity index (χ1n) is 6.33. The third-order valence-corrected chi connectivity index (χ3v) is 2.98. The van der Waals surface area contributed by atoms with E-state index in [0.29, 0.717) is 35.3 Å². The number of carbonyl (C=O) groups excluding carboxylic acids is 1. The van der Waals surface area contributed by atoms with Gasteiger partial charge in [0.2, 0.25) is 0 Å². The van der Waals surface area contributed by atoms with E-state index in [2.05, 4.69) is 0 Å². The number of carbonyl (C=O) groups is 1. The van der Waals surface area contributed by atoms with Gasteiger partial charge in [0.15, 0.2) is 17.8 Å². The molecule has 0 amide bonds. The van der Waals surface area contributed by atoms with Crippen molar-refractivity contribution in [2.45, 2.75) is 13.5 Å². The Kier molecular flexibility index (Phi) is 5.02. The molecule has 0 aliphatic carbocycles. The van der Waals surface area contributed by atoms with Crippen molar-refractivity contribution in [3.05, 3.63) is 58.6 Å². The van der Waals surface area contributed by atoms with Crippen molar-refractivity contribution in [3.63, 3.8) is 0 Å². The summed E-state index contributed by atoms with van der Waals surface area (Å²) in [6.07, 6.45) is 0.764. The van der Waals surface area contributed by atoms with Crippen molar-refractivity contribution in [2.24, 2.45) is 0 Å². The van der Waals surface area contributed by atoms with Gasteiger partial charge in [0.25, 0.3) is 0 Å². The van der Waals surface area contributed by atoms with E-state index in [-0.39, 0.29) is 0 Å². The van der Waals surface area contributed by atoms with Crippen molar-refractivity contribution in [1.29, 1.82) is 0 Å². The Labute approximate surface area is 123 Å². The zero-order valence-corrected chi connectivity index (χ0v) is 11.9. The van der Waals surface area contributed by atoms with Crippen LogP contribution in [0.4, 0.5) is 0 Å². The molecule has 3 nitrogen and oxygen atoms in total. The maximum atomic E-state index is 11.1. The molecule has 20 heavy (non-hydrogen) atoms. The normalized spacial score (nSPS) is 10.1. The third-order valence-electron chi connectivity index (χ3n) is 2.73. The Bertz CT molecular complexity index is 579. The molecule has 2 aromatic rings. The van der Waals surface area contributed by atoms with Crippen LogP contribution in [0.5, 0.6) is 11.5 Å². The Morgan fingerprint density at radius 3 is 2.50 bits per heavy atom. The van der Waals surface area contributed by atoms with Crippen LogP contribution in [-0.2, 0) is 6.61 Å². The van der Waals surface area contributed by atoms with Crippen LogP contribution < -0.4 is 9.47 Å². The molecule has 0 aromatic heterocycles. The molecule has 4 heteroatoms. The number of benzene rings is 2. The van der Waals surface area contributed by atoms with Gasteiger partial charge in [-0.15, -0.1) is 0 Å². The molecule has 0 unspecified atom stereocenters. The molecule has 0 aliphatic heterocycles. The summed E-state index contributed by atoms with van der Waals surface area (Å²) >= 11 is 5.84. The molecule has 0 bridgehead atoms. The molecular weight excluding hydrogens is 276 g/mol. The average Bonchev–Trinajstić information content (AvgIpc) is 2.47. The van der Waals surface area contributed by atoms with Crippen LogP contribution in [0, 0.1) is 0 Å². The maximum absolute atomic E-state index is 11.1. The molecular formula is C16H15ClO3. The Morgan fingerprint density at radius 1 is 1.10 bits per heavy atom. The molecule has 104 valence electrons. The number of halogens is 1. The molecule has 2 rings (SSSR count). The summed E-state index contributed by atoms with van der Waals surface area (Å²) in [6.45, 7) is 2.75. The van der Waals surface area contributed by atoms with E-state index in [1.54, 1.807) is 30.3 Å². The molecule has 2 aromatic carbocycles. The van der Waals surface area contributed by atoms with Crippen molar-refractivity contribution in [3.8, 4) is 11.5 Å². The smallest absolute Gasteiger partial charge is 0.172 e. The number of aldehydes is 1. The predicted molar refractivity (Wildman–Crippen MR) is 78.8 cm³/mol. The van der Waals surface area contributed by atoms with Gasteiger partial charge < -0.3 is 9.47 Å². The van der Waals surface area contributed by atoms with E-state index in [9.17, 15) is 4.79 Å². The van der Waals surface area contributed by atoms with Gasteiger partial charge in [-0.05, 0) is 36.8 Å². The zero-order chi connectivity index (χ0) is 14.4. The summed E-state index contributed by atoms with van der Waals surface area (Å²) in [5.41, 5.74) is 1.45. The van der Waals surface area contributed by atoms with Gasteiger partial charge in [-0.3, -0.25) is 4.79 Å². The second kappa shape index (κ2) is 6.96. The molecule has 0 heterocycles. The summed E-state index contributed by atoms with van der Waals surface area (Å²) in [7, 11) is 0. The summed E-state index contributed by atoms with van der Waals surface area (Å²) in [6, 6.07) is 12.6. The van der Waals surface area contributed by atoms with E-state index in [1.165, 1.54) is 0 Å². The molecule has 0 N–H and O–H groups in total. The minimum absolute atomic E-state index is 0.349. The highest BCUT2D eigenvalue weighted by atomic mass is 35.5. The van der Waals surface area contributed by atoms with E-state index < -0.39 is 0 Å². The van der Waals surface area contributed by atoms with E-state index in [0.717, 1.165) is 11.8 Å². The van der Waals surface area contributed by atoms with E-state index in [1.807, 2.05) is 19.1 Å². The fraction of sp³-hybridized carbons (Fsp3) is 0.188. The SMILES string of the molecule is CCOc1cccc(C=O)c1OCc1ccc(Cl)cc1. The Morgan fingerprint density at radius 2 is 1.85 bits per heavy atom. The number of hydrogen-bond donors (Lipinski definition) is 0. The summed E-state index contributed by atoms with van der Waals surface area (Å²) < 4.78 is 11.2. The number of hydrogen-bond acceptors (Lipinski definition) is 3. The Balaban J connectivity index is 2.18. The van der Waals surface area contributed by atoms with Gasteiger partial charge in [-0.25, -0.2) is 0 Å². The van der Waals surface area contributed by atoms with Crippen molar-refractivity contribution in [1.82, 2.24) is 0 Å². The zero-order valence-electron chi connectivity index (χ0n) is 11.1.